The van der Waals surface area contributed by atoms with E-state index in [4.69, 9.17) is 9.47 Å². The van der Waals surface area contributed by atoms with E-state index in [0.717, 1.165) is 6.29 Å². The van der Waals surface area contributed by atoms with Crippen LogP contribution in [-0.4, -0.2) is 18.9 Å². The van der Waals surface area contributed by atoms with Crippen LogP contribution in [0.4, 0.5) is 0 Å². The number of benzene rings is 2. The third-order valence-electron chi connectivity index (χ3n) is 3.16. The largest absolute Gasteiger partial charge is 0.490 e. The van der Waals surface area contributed by atoms with E-state index in [1.807, 2.05) is 13.0 Å². The van der Waals surface area contributed by atoms with Gasteiger partial charge in [-0.25, -0.2) is 4.79 Å². The summed E-state index contributed by atoms with van der Waals surface area (Å²) >= 11 is 0. The molecule has 0 aliphatic carbocycles. The summed E-state index contributed by atoms with van der Waals surface area (Å²) in [4.78, 5) is 23.4. The van der Waals surface area contributed by atoms with Crippen molar-refractivity contribution in [2.45, 2.75) is 13.3 Å². The van der Waals surface area contributed by atoms with Crippen LogP contribution in [-0.2, 0) is 6.42 Å². The van der Waals surface area contributed by atoms with Gasteiger partial charge in [0, 0.05) is 11.1 Å². The second-order valence-corrected chi connectivity index (χ2v) is 4.81. The third-order valence-corrected chi connectivity index (χ3v) is 3.16. The van der Waals surface area contributed by atoms with Crippen LogP contribution in [0.15, 0.2) is 55.1 Å². The van der Waals surface area contributed by atoms with Crippen molar-refractivity contribution in [1.82, 2.24) is 0 Å². The second kappa shape index (κ2) is 7.94. The Hall–Kier alpha value is -2.88. The van der Waals surface area contributed by atoms with Gasteiger partial charge in [0.2, 0.25) is 0 Å². The highest BCUT2D eigenvalue weighted by Gasteiger charge is 2.17. The lowest BCUT2D eigenvalue weighted by atomic mass is 10.1. The molecule has 0 fully saturated rings. The number of carbonyl (C=O) groups is 2. The first-order valence-corrected chi connectivity index (χ1v) is 7.32. The van der Waals surface area contributed by atoms with Gasteiger partial charge in [0.15, 0.2) is 11.5 Å². The van der Waals surface area contributed by atoms with Crippen LogP contribution < -0.4 is 9.47 Å². The summed E-state index contributed by atoms with van der Waals surface area (Å²) < 4.78 is 11.1. The Bertz CT molecular complexity index is 705. The van der Waals surface area contributed by atoms with Gasteiger partial charge in [-0.05, 0) is 37.6 Å². The normalized spacial score (nSPS) is 9.96. The third kappa shape index (κ3) is 4.07. The number of allylic oxidation sites excluding steroid dienone is 1. The van der Waals surface area contributed by atoms with E-state index in [1.165, 1.54) is 0 Å². The van der Waals surface area contributed by atoms with E-state index >= 15 is 0 Å². The molecule has 2 aromatic rings. The molecule has 0 bridgehead atoms. The molecule has 0 spiro atoms. The Morgan fingerprint density at radius 2 is 1.96 bits per heavy atom. The number of aldehydes is 1. The maximum atomic E-state index is 12.3. The van der Waals surface area contributed by atoms with Crippen molar-refractivity contribution in [3.63, 3.8) is 0 Å². The highest BCUT2D eigenvalue weighted by atomic mass is 16.6. The second-order valence-electron chi connectivity index (χ2n) is 4.81. The van der Waals surface area contributed by atoms with Gasteiger partial charge in [-0.15, -0.1) is 6.58 Å². The summed E-state index contributed by atoms with van der Waals surface area (Å²) in [6.07, 6.45) is 2.87. The fourth-order valence-electron chi connectivity index (χ4n) is 2.16. The predicted molar refractivity (Wildman–Crippen MR) is 88.3 cm³/mol. The van der Waals surface area contributed by atoms with Gasteiger partial charge in [-0.3, -0.25) is 4.79 Å². The highest BCUT2D eigenvalue weighted by molar-refractivity contribution is 5.91. The molecular weight excluding hydrogens is 292 g/mol. The van der Waals surface area contributed by atoms with Crippen molar-refractivity contribution in [2.24, 2.45) is 0 Å². The summed E-state index contributed by atoms with van der Waals surface area (Å²) in [5.41, 5.74) is 1.58. The van der Waals surface area contributed by atoms with Crippen molar-refractivity contribution >= 4 is 12.3 Å². The summed E-state index contributed by atoms with van der Waals surface area (Å²) in [5, 5.41) is 0. The van der Waals surface area contributed by atoms with Crippen molar-refractivity contribution in [2.75, 3.05) is 6.61 Å². The van der Waals surface area contributed by atoms with Crippen molar-refractivity contribution in [1.29, 1.82) is 0 Å². The van der Waals surface area contributed by atoms with Crippen LogP contribution in [0.25, 0.3) is 0 Å². The van der Waals surface area contributed by atoms with Crippen LogP contribution in [0.5, 0.6) is 11.5 Å². The molecule has 0 unspecified atom stereocenters. The zero-order valence-electron chi connectivity index (χ0n) is 13.0. The molecule has 0 aromatic heterocycles. The van der Waals surface area contributed by atoms with E-state index < -0.39 is 5.97 Å². The lowest BCUT2D eigenvalue weighted by molar-refractivity contribution is 0.0727. The van der Waals surface area contributed by atoms with E-state index in [2.05, 4.69) is 6.58 Å². The molecule has 0 saturated heterocycles. The minimum atomic E-state index is -0.476. The first kappa shape index (κ1) is 16.5. The van der Waals surface area contributed by atoms with Crippen molar-refractivity contribution in [3.05, 3.63) is 71.8 Å². The lowest BCUT2D eigenvalue weighted by Crippen LogP contribution is -2.11. The average Bonchev–Trinajstić information content (AvgIpc) is 2.58. The Morgan fingerprint density at radius 1 is 1.22 bits per heavy atom. The number of carbonyl (C=O) groups excluding carboxylic acids is 2. The molecule has 0 aliphatic heterocycles. The summed E-state index contributed by atoms with van der Waals surface area (Å²) in [5.74, 6) is 0.222. The van der Waals surface area contributed by atoms with Gasteiger partial charge in [-0.1, -0.05) is 24.3 Å². The van der Waals surface area contributed by atoms with Crippen LogP contribution in [0.2, 0.25) is 0 Å². The first-order chi connectivity index (χ1) is 11.2. The molecule has 0 atom stereocenters. The van der Waals surface area contributed by atoms with Gasteiger partial charge in [-0.2, -0.15) is 0 Å². The molecule has 0 heterocycles. The van der Waals surface area contributed by atoms with Gasteiger partial charge in [0.25, 0.3) is 0 Å². The highest BCUT2D eigenvalue weighted by Crippen LogP contribution is 2.34. The molecule has 0 radical (unpaired) electrons. The fraction of sp³-hybridized carbons (Fsp3) is 0.158. The van der Waals surface area contributed by atoms with Gasteiger partial charge >= 0.3 is 5.97 Å². The minimum absolute atomic E-state index is 0.325. The van der Waals surface area contributed by atoms with Gasteiger partial charge in [0.1, 0.15) is 6.29 Å². The molecule has 0 saturated carbocycles. The quantitative estimate of drug-likeness (QED) is 0.337. The standard InChI is InChI=1S/C19H18O4/c1-3-8-16-11-14(13-20)12-17(22-4-2)18(16)23-19(21)15-9-6-5-7-10-15/h3,5-7,9-13H,1,4,8H2,2H3. The number of esters is 1. The summed E-state index contributed by atoms with van der Waals surface area (Å²) in [6, 6.07) is 11.9. The molecular formula is C19H18O4. The van der Waals surface area contributed by atoms with Crippen LogP contribution in [0.3, 0.4) is 0 Å². The zero-order valence-corrected chi connectivity index (χ0v) is 13.0. The van der Waals surface area contributed by atoms with E-state index in [9.17, 15) is 9.59 Å². The lowest BCUT2D eigenvalue weighted by Gasteiger charge is -2.15. The number of hydrogen-bond donors (Lipinski definition) is 0. The molecule has 4 heteroatoms. The molecule has 4 nitrogen and oxygen atoms in total. The first-order valence-electron chi connectivity index (χ1n) is 7.32. The zero-order chi connectivity index (χ0) is 16.7. The number of hydrogen-bond acceptors (Lipinski definition) is 4. The Labute approximate surface area is 135 Å². The topological polar surface area (TPSA) is 52.6 Å². The van der Waals surface area contributed by atoms with Crippen LogP contribution in [0, 0.1) is 0 Å². The van der Waals surface area contributed by atoms with E-state index in [1.54, 1.807) is 42.5 Å². The Balaban J connectivity index is 2.43. The van der Waals surface area contributed by atoms with Gasteiger partial charge in [0.05, 0.1) is 12.2 Å². The van der Waals surface area contributed by atoms with Crippen molar-refractivity contribution < 1.29 is 19.1 Å². The maximum absolute atomic E-state index is 12.3. The summed E-state index contributed by atoms with van der Waals surface area (Å²) in [6.45, 7) is 5.91. The van der Waals surface area contributed by atoms with Crippen LogP contribution >= 0.6 is 0 Å². The molecule has 2 aromatic carbocycles. The Kier molecular flexibility index (Phi) is 5.69. The average molecular weight is 310 g/mol. The number of rotatable bonds is 7. The molecule has 118 valence electrons. The van der Waals surface area contributed by atoms with E-state index in [0.29, 0.717) is 41.2 Å². The molecule has 0 amide bonds. The molecule has 2 rings (SSSR count). The smallest absolute Gasteiger partial charge is 0.343 e. The van der Waals surface area contributed by atoms with Crippen LogP contribution in [0.1, 0.15) is 33.2 Å². The molecule has 23 heavy (non-hydrogen) atoms. The number of ether oxygens (including phenoxy) is 2. The van der Waals surface area contributed by atoms with Gasteiger partial charge < -0.3 is 9.47 Å². The molecule has 0 N–H and O–H groups in total. The predicted octanol–water partition coefficient (Wildman–Crippen LogP) is 3.85. The summed E-state index contributed by atoms with van der Waals surface area (Å²) in [7, 11) is 0. The minimum Gasteiger partial charge on any atom is -0.490 e. The van der Waals surface area contributed by atoms with E-state index in [-0.39, 0.29) is 0 Å². The Morgan fingerprint density at radius 3 is 2.57 bits per heavy atom. The molecule has 0 aliphatic rings. The van der Waals surface area contributed by atoms with Crippen molar-refractivity contribution in [3.8, 4) is 11.5 Å². The maximum Gasteiger partial charge on any atom is 0.343 e. The fourth-order valence-corrected chi connectivity index (χ4v) is 2.16. The monoisotopic (exact) mass is 310 g/mol. The SMILES string of the molecule is C=CCc1cc(C=O)cc(OCC)c1OC(=O)c1ccccc1.